The van der Waals surface area contributed by atoms with Gasteiger partial charge in [-0.2, -0.15) is 10.1 Å². The summed E-state index contributed by atoms with van der Waals surface area (Å²) in [4.78, 5) is 16.7. The predicted octanol–water partition coefficient (Wildman–Crippen LogP) is 3.75. The number of hydrogen-bond acceptors (Lipinski definition) is 7. The van der Waals surface area contributed by atoms with Gasteiger partial charge in [0.1, 0.15) is 11.3 Å². The smallest absolute Gasteiger partial charge is 0.253 e. The fraction of sp³-hybridized carbons (Fsp3) is 0.360. The van der Waals surface area contributed by atoms with E-state index in [1.807, 2.05) is 18.3 Å². The number of fused-ring (bicyclic) bond motifs is 1. The van der Waals surface area contributed by atoms with E-state index in [2.05, 4.69) is 16.1 Å². The summed E-state index contributed by atoms with van der Waals surface area (Å²) in [6.07, 6.45) is 5.73. The molecule has 0 aliphatic carbocycles. The van der Waals surface area contributed by atoms with Crippen LogP contribution in [0.2, 0.25) is 0 Å². The fourth-order valence-corrected chi connectivity index (χ4v) is 4.60. The van der Waals surface area contributed by atoms with Gasteiger partial charge in [-0.05, 0) is 48.6 Å². The third-order valence-corrected chi connectivity index (χ3v) is 6.44. The monoisotopic (exact) mass is 460 g/mol. The molecule has 2 saturated heterocycles. The van der Waals surface area contributed by atoms with Crippen molar-refractivity contribution in [3.8, 4) is 17.2 Å². The zero-order valence-electron chi connectivity index (χ0n) is 18.7. The summed E-state index contributed by atoms with van der Waals surface area (Å²) >= 11 is 0. The average Bonchev–Trinajstić information content (AvgIpc) is 3.39. The first-order chi connectivity index (χ1) is 16.7. The largest absolute Gasteiger partial charge is 0.381 e. The highest BCUT2D eigenvalue weighted by molar-refractivity contribution is 5.86. The molecule has 0 N–H and O–H groups in total. The van der Waals surface area contributed by atoms with E-state index in [4.69, 9.17) is 24.4 Å². The van der Waals surface area contributed by atoms with Crippen LogP contribution >= 0.6 is 0 Å². The molecule has 4 aromatic rings. The summed E-state index contributed by atoms with van der Waals surface area (Å²) in [5, 5.41) is 4.64. The van der Waals surface area contributed by atoms with Crippen LogP contribution in [0, 0.1) is 5.82 Å². The number of anilines is 1. The van der Waals surface area contributed by atoms with Gasteiger partial charge in [0.05, 0.1) is 24.4 Å². The second kappa shape index (κ2) is 9.08. The molecule has 5 heterocycles. The van der Waals surface area contributed by atoms with Gasteiger partial charge in [0.25, 0.3) is 5.95 Å². The topological polar surface area (TPSA) is 78.2 Å². The Morgan fingerprint density at radius 2 is 1.76 bits per heavy atom. The second-order valence-electron chi connectivity index (χ2n) is 8.63. The molecule has 0 radical (unpaired) electrons. The van der Waals surface area contributed by atoms with E-state index in [0.717, 1.165) is 56.0 Å². The minimum Gasteiger partial charge on any atom is -0.381 e. The normalized spacial score (nSPS) is 17.4. The van der Waals surface area contributed by atoms with Gasteiger partial charge in [-0.1, -0.05) is 12.1 Å². The van der Waals surface area contributed by atoms with Gasteiger partial charge in [0, 0.05) is 44.3 Å². The number of ether oxygens (including phenoxy) is 2. The fourth-order valence-electron chi connectivity index (χ4n) is 4.60. The molecule has 0 bridgehead atoms. The Labute approximate surface area is 196 Å². The van der Waals surface area contributed by atoms with Gasteiger partial charge in [-0.15, -0.1) is 0 Å². The van der Waals surface area contributed by atoms with Gasteiger partial charge >= 0.3 is 0 Å². The van der Waals surface area contributed by atoms with Gasteiger partial charge in [-0.25, -0.2) is 14.1 Å². The molecule has 0 amide bonds. The maximum absolute atomic E-state index is 13.7. The highest BCUT2D eigenvalue weighted by Gasteiger charge is 2.22. The maximum atomic E-state index is 13.7. The Morgan fingerprint density at radius 3 is 2.59 bits per heavy atom. The highest BCUT2D eigenvalue weighted by atomic mass is 19.1. The van der Waals surface area contributed by atoms with Crippen LogP contribution < -0.4 is 4.90 Å². The standard InChI is InChI=1S/C25H25FN6O2/c26-20-3-1-2-18(14-20)21-4-7-32(30-21)25-28-22-15-19(17-5-10-33-11-6-17)16-27-23(22)24(29-25)31-8-12-34-13-9-31/h1-4,7,14-17H,5-6,8-13H2. The van der Waals surface area contributed by atoms with Crippen LogP contribution in [0.15, 0.2) is 48.8 Å². The molecule has 174 valence electrons. The lowest BCUT2D eigenvalue weighted by Crippen LogP contribution is -2.37. The quantitative estimate of drug-likeness (QED) is 0.459. The Hall–Kier alpha value is -3.43. The number of morpholine rings is 1. The molecule has 6 rings (SSSR count). The van der Waals surface area contributed by atoms with Gasteiger partial charge < -0.3 is 14.4 Å². The van der Waals surface area contributed by atoms with Crippen LogP contribution in [0.5, 0.6) is 0 Å². The molecule has 0 atom stereocenters. The first kappa shape index (κ1) is 21.1. The van der Waals surface area contributed by atoms with Crippen LogP contribution in [0.4, 0.5) is 10.2 Å². The summed E-state index contributed by atoms with van der Waals surface area (Å²) < 4.78 is 26.4. The number of hydrogen-bond donors (Lipinski definition) is 0. The van der Waals surface area contributed by atoms with Crippen molar-refractivity contribution in [2.45, 2.75) is 18.8 Å². The zero-order valence-corrected chi connectivity index (χ0v) is 18.7. The summed E-state index contributed by atoms with van der Waals surface area (Å²) in [6, 6.07) is 10.4. The van der Waals surface area contributed by atoms with Crippen molar-refractivity contribution in [2.24, 2.45) is 0 Å². The van der Waals surface area contributed by atoms with Gasteiger partial charge in [0.2, 0.25) is 0 Å². The van der Waals surface area contributed by atoms with Crippen molar-refractivity contribution in [2.75, 3.05) is 44.4 Å². The van der Waals surface area contributed by atoms with Crippen LogP contribution in [-0.4, -0.2) is 64.2 Å². The highest BCUT2D eigenvalue weighted by Crippen LogP contribution is 2.31. The molecule has 9 heteroatoms. The number of nitrogens with zero attached hydrogens (tertiary/aromatic N) is 6. The minimum atomic E-state index is -0.296. The number of halogens is 1. The molecular formula is C25H25FN6O2. The molecule has 0 unspecified atom stereocenters. The van der Waals surface area contributed by atoms with E-state index in [9.17, 15) is 4.39 Å². The predicted molar refractivity (Wildman–Crippen MR) is 126 cm³/mol. The molecule has 1 aromatic carbocycles. The molecule has 0 saturated carbocycles. The number of aromatic nitrogens is 5. The van der Waals surface area contributed by atoms with Crippen LogP contribution in [-0.2, 0) is 9.47 Å². The number of pyridine rings is 1. The van der Waals surface area contributed by atoms with Crippen molar-refractivity contribution < 1.29 is 13.9 Å². The molecule has 2 aliphatic rings. The third-order valence-electron chi connectivity index (χ3n) is 6.44. The number of benzene rings is 1. The third kappa shape index (κ3) is 4.12. The van der Waals surface area contributed by atoms with E-state index in [1.54, 1.807) is 16.9 Å². The zero-order chi connectivity index (χ0) is 22.9. The molecule has 3 aromatic heterocycles. The van der Waals surface area contributed by atoms with Crippen molar-refractivity contribution in [3.63, 3.8) is 0 Å². The summed E-state index contributed by atoms with van der Waals surface area (Å²) in [6.45, 7) is 4.31. The van der Waals surface area contributed by atoms with E-state index < -0.39 is 0 Å². The molecule has 34 heavy (non-hydrogen) atoms. The lowest BCUT2D eigenvalue weighted by Gasteiger charge is -2.28. The Balaban J connectivity index is 1.44. The Morgan fingerprint density at radius 1 is 0.941 bits per heavy atom. The Kier molecular flexibility index (Phi) is 5.64. The molecule has 2 aliphatic heterocycles. The van der Waals surface area contributed by atoms with Crippen molar-refractivity contribution in [1.82, 2.24) is 24.7 Å². The molecule has 8 nitrogen and oxygen atoms in total. The van der Waals surface area contributed by atoms with Crippen molar-refractivity contribution in [3.05, 3.63) is 60.2 Å². The minimum absolute atomic E-state index is 0.296. The Bertz CT molecular complexity index is 1310. The van der Waals surface area contributed by atoms with Crippen LogP contribution in [0.1, 0.15) is 24.3 Å². The lowest BCUT2D eigenvalue weighted by molar-refractivity contribution is 0.0853. The first-order valence-corrected chi connectivity index (χ1v) is 11.6. The lowest BCUT2D eigenvalue weighted by atomic mass is 9.93. The maximum Gasteiger partial charge on any atom is 0.253 e. The van der Waals surface area contributed by atoms with Gasteiger partial charge in [0.15, 0.2) is 5.82 Å². The summed E-state index contributed by atoms with van der Waals surface area (Å²) in [7, 11) is 0. The van der Waals surface area contributed by atoms with E-state index >= 15 is 0 Å². The summed E-state index contributed by atoms with van der Waals surface area (Å²) in [5.74, 6) is 1.36. The first-order valence-electron chi connectivity index (χ1n) is 11.6. The molecular weight excluding hydrogens is 435 g/mol. The van der Waals surface area contributed by atoms with Crippen molar-refractivity contribution >= 4 is 16.9 Å². The SMILES string of the molecule is Fc1cccc(-c2ccn(-c3nc(N4CCOCC4)c4ncc(C5CCOCC5)cc4n3)n2)c1. The van der Waals surface area contributed by atoms with E-state index in [1.165, 1.54) is 17.7 Å². The summed E-state index contributed by atoms with van der Waals surface area (Å²) in [5.41, 5.74) is 4.10. The van der Waals surface area contributed by atoms with E-state index in [0.29, 0.717) is 36.3 Å². The molecule has 2 fully saturated rings. The van der Waals surface area contributed by atoms with Crippen molar-refractivity contribution in [1.29, 1.82) is 0 Å². The molecule has 0 spiro atoms. The van der Waals surface area contributed by atoms with E-state index in [-0.39, 0.29) is 5.82 Å². The number of rotatable bonds is 4. The van der Waals surface area contributed by atoms with Crippen LogP contribution in [0.3, 0.4) is 0 Å². The van der Waals surface area contributed by atoms with Crippen LogP contribution in [0.25, 0.3) is 28.2 Å². The van der Waals surface area contributed by atoms with Gasteiger partial charge in [-0.3, -0.25) is 4.98 Å². The average molecular weight is 461 g/mol. The second-order valence-corrected chi connectivity index (χ2v) is 8.63.